The molecule has 4 nitrogen and oxygen atoms in total. The summed E-state index contributed by atoms with van der Waals surface area (Å²) in [6.45, 7) is 4.10. The molecule has 1 fully saturated rings. The summed E-state index contributed by atoms with van der Waals surface area (Å²) < 4.78 is 53.7. The lowest BCUT2D eigenvalue weighted by Crippen LogP contribution is -2.27. The standard InChI is InChI=1S/C13H18F2N2O2S/c1-8(2)16-7-9-5-11(14)13(15)12(6-9)20(18,19)17-10-3-4-10/h5-6,8,10,16-17H,3-4,7H2,1-2H3. The Balaban J connectivity index is 2.30. The molecule has 0 saturated heterocycles. The molecule has 112 valence electrons. The van der Waals surface area contributed by atoms with E-state index >= 15 is 0 Å². The maximum absolute atomic E-state index is 13.7. The molecule has 1 aromatic carbocycles. The Morgan fingerprint density at radius 1 is 1.30 bits per heavy atom. The van der Waals surface area contributed by atoms with Crippen LogP contribution in [0.1, 0.15) is 32.3 Å². The highest BCUT2D eigenvalue weighted by Gasteiger charge is 2.30. The minimum atomic E-state index is -4.00. The number of hydrogen-bond donors (Lipinski definition) is 2. The van der Waals surface area contributed by atoms with Crippen molar-refractivity contribution in [2.75, 3.05) is 0 Å². The quantitative estimate of drug-likeness (QED) is 0.844. The van der Waals surface area contributed by atoms with Gasteiger partial charge in [0.15, 0.2) is 11.6 Å². The molecule has 7 heteroatoms. The van der Waals surface area contributed by atoms with Crippen LogP contribution in [0, 0.1) is 11.6 Å². The Morgan fingerprint density at radius 2 is 1.95 bits per heavy atom. The van der Waals surface area contributed by atoms with Crippen molar-refractivity contribution in [1.29, 1.82) is 0 Å². The Hall–Kier alpha value is -1.05. The van der Waals surface area contributed by atoms with Crippen molar-refractivity contribution in [1.82, 2.24) is 10.0 Å². The number of benzene rings is 1. The van der Waals surface area contributed by atoms with Crippen LogP contribution in [0.5, 0.6) is 0 Å². The molecule has 0 atom stereocenters. The molecule has 0 spiro atoms. The number of sulfonamides is 1. The molecule has 20 heavy (non-hydrogen) atoms. The lowest BCUT2D eigenvalue weighted by atomic mass is 10.2. The van der Waals surface area contributed by atoms with Gasteiger partial charge in [-0.1, -0.05) is 13.8 Å². The van der Waals surface area contributed by atoms with Gasteiger partial charge in [0.1, 0.15) is 4.90 Å². The van der Waals surface area contributed by atoms with Gasteiger partial charge in [0.25, 0.3) is 0 Å². The zero-order valence-electron chi connectivity index (χ0n) is 11.4. The second-order valence-electron chi connectivity index (χ2n) is 5.32. The molecule has 2 N–H and O–H groups in total. The van der Waals surface area contributed by atoms with Gasteiger partial charge in [0.05, 0.1) is 0 Å². The van der Waals surface area contributed by atoms with Crippen LogP contribution in [-0.2, 0) is 16.6 Å². The molecule has 1 aliphatic rings. The summed E-state index contributed by atoms with van der Waals surface area (Å²) in [5.74, 6) is -2.48. The van der Waals surface area contributed by atoms with Crippen molar-refractivity contribution in [2.24, 2.45) is 0 Å². The largest absolute Gasteiger partial charge is 0.310 e. The SMILES string of the molecule is CC(C)NCc1cc(F)c(F)c(S(=O)(=O)NC2CC2)c1. The van der Waals surface area contributed by atoms with Gasteiger partial charge in [-0.25, -0.2) is 21.9 Å². The fourth-order valence-corrected chi connectivity index (χ4v) is 3.16. The van der Waals surface area contributed by atoms with Crippen LogP contribution < -0.4 is 10.0 Å². The maximum atomic E-state index is 13.7. The Bertz CT molecular complexity index is 599. The third-order valence-corrected chi connectivity index (χ3v) is 4.48. The predicted molar refractivity (Wildman–Crippen MR) is 71.7 cm³/mol. The second kappa shape index (κ2) is 5.75. The van der Waals surface area contributed by atoms with Gasteiger partial charge in [0, 0.05) is 18.6 Å². The number of halogens is 2. The van der Waals surface area contributed by atoms with E-state index in [1.54, 1.807) is 0 Å². The van der Waals surface area contributed by atoms with Crippen LogP contribution >= 0.6 is 0 Å². The summed E-state index contributed by atoms with van der Waals surface area (Å²) in [7, 11) is -4.00. The summed E-state index contributed by atoms with van der Waals surface area (Å²) in [4.78, 5) is -0.620. The van der Waals surface area contributed by atoms with Gasteiger partial charge in [-0.2, -0.15) is 0 Å². The third kappa shape index (κ3) is 3.74. The average molecular weight is 304 g/mol. The van der Waals surface area contributed by atoms with Crippen LogP contribution in [0.4, 0.5) is 8.78 Å². The zero-order chi connectivity index (χ0) is 14.9. The minimum Gasteiger partial charge on any atom is -0.310 e. The van der Waals surface area contributed by atoms with Crippen LogP contribution in [0.2, 0.25) is 0 Å². The van der Waals surface area contributed by atoms with E-state index in [2.05, 4.69) is 10.0 Å². The van der Waals surface area contributed by atoms with E-state index < -0.39 is 26.6 Å². The summed E-state index contributed by atoms with van der Waals surface area (Å²) >= 11 is 0. The first-order chi connectivity index (χ1) is 9.29. The highest BCUT2D eigenvalue weighted by atomic mass is 32.2. The van der Waals surface area contributed by atoms with E-state index in [1.165, 1.54) is 6.07 Å². The molecular weight excluding hydrogens is 286 g/mol. The molecule has 2 rings (SSSR count). The molecule has 1 saturated carbocycles. The number of hydrogen-bond acceptors (Lipinski definition) is 3. The molecule has 1 aromatic rings. The summed E-state index contributed by atoms with van der Waals surface area (Å²) in [6.07, 6.45) is 1.47. The van der Waals surface area contributed by atoms with E-state index in [0.717, 1.165) is 18.9 Å². The lowest BCUT2D eigenvalue weighted by Gasteiger charge is -2.12. The molecule has 0 unspecified atom stereocenters. The molecule has 0 amide bonds. The molecule has 0 heterocycles. The van der Waals surface area contributed by atoms with Gasteiger partial charge in [-0.3, -0.25) is 0 Å². The molecule has 0 radical (unpaired) electrons. The first-order valence-corrected chi connectivity index (χ1v) is 8.01. The van der Waals surface area contributed by atoms with Crippen molar-refractivity contribution in [3.63, 3.8) is 0 Å². The molecule has 0 bridgehead atoms. The lowest BCUT2D eigenvalue weighted by molar-refractivity contribution is 0.479. The summed E-state index contributed by atoms with van der Waals surface area (Å²) in [6, 6.07) is 2.20. The minimum absolute atomic E-state index is 0.153. The van der Waals surface area contributed by atoms with E-state index in [1.807, 2.05) is 13.8 Å². The molecule has 1 aliphatic carbocycles. The zero-order valence-corrected chi connectivity index (χ0v) is 12.2. The van der Waals surface area contributed by atoms with Crippen molar-refractivity contribution >= 4 is 10.0 Å². The van der Waals surface area contributed by atoms with E-state index in [0.29, 0.717) is 5.56 Å². The fourth-order valence-electron chi connectivity index (χ4n) is 1.72. The Kier molecular flexibility index (Phi) is 4.41. The van der Waals surface area contributed by atoms with E-state index in [4.69, 9.17) is 0 Å². The van der Waals surface area contributed by atoms with E-state index in [-0.39, 0.29) is 18.6 Å². The smallest absolute Gasteiger partial charge is 0.243 e. The van der Waals surface area contributed by atoms with Gasteiger partial charge in [0.2, 0.25) is 10.0 Å². The van der Waals surface area contributed by atoms with Crippen molar-refractivity contribution < 1.29 is 17.2 Å². The topological polar surface area (TPSA) is 58.2 Å². The molecule has 0 aromatic heterocycles. The molecule has 0 aliphatic heterocycles. The van der Waals surface area contributed by atoms with Crippen molar-refractivity contribution in [3.8, 4) is 0 Å². The Labute approximate surface area is 117 Å². The van der Waals surface area contributed by atoms with Gasteiger partial charge < -0.3 is 5.32 Å². The van der Waals surface area contributed by atoms with Gasteiger partial charge >= 0.3 is 0 Å². The number of nitrogens with one attached hydrogen (secondary N) is 2. The first-order valence-electron chi connectivity index (χ1n) is 6.53. The fraction of sp³-hybridized carbons (Fsp3) is 0.538. The normalized spacial score (nSPS) is 15.8. The van der Waals surface area contributed by atoms with Crippen LogP contribution in [0.25, 0.3) is 0 Å². The van der Waals surface area contributed by atoms with E-state index in [9.17, 15) is 17.2 Å². The first kappa shape index (κ1) is 15.3. The summed E-state index contributed by atoms with van der Waals surface area (Å²) in [5, 5.41) is 3.04. The highest BCUT2D eigenvalue weighted by Crippen LogP contribution is 2.25. The number of rotatable bonds is 6. The van der Waals surface area contributed by atoms with Crippen molar-refractivity contribution in [3.05, 3.63) is 29.3 Å². The maximum Gasteiger partial charge on any atom is 0.243 e. The predicted octanol–water partition coefficient (Wildman–Crippen LogP) is 1.90. The average Bonchev–Trinajstić information content (AvgIpc) is 3.13. The Morgan fingerprint density at radius 3 is 2.50 bits per heavy atom. The van der Waals surface area contributed by atoms with Gasteiger partial charge in [-0.05, 0) is 30.5 Å². The van der Waals surface area contributed by atoms with Crippen molar-refractivity contribution in [2.45, 2.75) is 50.2 Å². The van der Waals surface area contributed by atoms with Crippen LogP contribution in [-0.4, -0.2) is 20.5 Å². The van der Waals surface area contributed by atoms with Crippen LogP contribution in [0.3, 0.4) is 0 Å². The third-order valence-electron chi connectivity index (χ3n) is 2.96. The molecular formula is C13H18F2N2O2S. The summed E-state index contributed by atoms with van der Waals surface area (Å²) in [5.41, 5.74) is 0.397. The highest BCUT2D eigenvalue weighted by molar-refractivity contribution is 7.89. The monoisotopic (exact) mass is 304 g/mol. The van der Waals surface area contributed by atoms with Crippen LogP contribution in [0.15, 0.2) is 17.0 Å². The van der Waals surface area contributed by atoms with Gasteiger partial charge in [-0.15, -0.1) is 0 Å². The second-order valence-corrected chi connectivity index (χ2v) is 7.00.